The summed E-state index contributed by atoms with van der Waals surface area (Å²) in [5, 5.41) is 4.95. The van der Waals surface area contributed by atoms with E-state index in [1.165, 1.54) is 12.1 Å². The smallest absolute Gasteiger partial charge is 0.344 e. The number of amides is 2. The van der Waals surface area contributed by atoms with Crippen LogP contribution < -0.4 is 10.6 Å². The molecule has 0 heterocycles. The summed E-state index contributed by atoms with van der Waals surface area (Å²) >= 11 is 0. The highest BCUT2D eigenvalue weighted by Crippen LogP contribution is 2.29. The first kappa shape index (κ1) is 20.0. The average molecular weight is 374 g/mol. The van der Waals surface area contributed by atoms with Crippen LogP contribution in [0.25, 0.3) is 0 Å². The Morgan fingerprint density at radius 3 is 2.48 bits per heavy atom. The highest BCUT2D eigenvalue weighted by molar-refractivity contribution is 5.96. The predicted octanol–water partition coefficient (Wildman–Crippen LogP) is 2.91. The second-order valence-electron chi connectivity index (χ2n) is 5.71. The third-order valence-electron chi connectivity index (χ3n) is 3.49. The molecule has 0 spiro atoms. The van der Waals surface area contributed by atoms with Crippen molar-refractivity contribution in [1.82, 2.24) is 10.6 Å². The SMILES string of the molecule is Cc1cccc(C(=O)NCC(=O)NCC#Cc2cccc(C(F)(F)F)c2)c1. The van der Waals surface area contributed by atoms with Crippen molar-refractivity contribution in [2.45, 2.75) is 13.1 Å². The van der Waals surface area contributed by atoms with Gasteiger partial charge in [0.25, 0.3) is 5.91 Å². The molecule has 2 aromatic rings. The van der Waals surface area contributed by atoms with E-state index in [1.54, 1.807) is 18.2 Å². The maximum atomic E-state index is 12.6. The summed E-state index contributed by atoms with van der Waals surface area (Å²) in [4.78, 5) is 23.6. The molecule has 2 N–H and O–H groups in total. The minimum absolute atomic E-state index is 0.0462. The Labute approximate surface area is 154 Å². The Morgan fingerprint density at radius 1 is 1.04 bits per heavy atom. The van der Waals surface area contributed by atoms with Crippen LogP contribution in [0.15, 0.2) is 48.5 Å². The minimum atomic E-state index is -4.43. The van der Waals surface area contributed by atoms with Gasteiger partial charge in [0, 0.05) is 11.1 Å². The molecule has 0 aromatic heterocycles. The van der Waals surface area contributed by atoms with Crippen LogP contribution in [-0.2, 0) is 11.0 Å². The van der Waals surface area contributed by atoms with E-state index in [0.717, 1.165) is 17.7 Å². The number of hydrogen-bond acceptors (Lipinski definition) is 2. The van der Waals surface area contributed by atoms with Gasteiger partial charge < -0.3 is 10.6 Å². The van der Waals surface area contributed by atoms with E-state index < -0.39 is 17.6 Å². The third kappa shape index (κ3) is 6.51. The van der Waals surface area contributed by atoms with Crippen molar-refractivity contribution in [3.63, 3.8) is 0 Å². The molecule has 2 aromatic carbocycles. The summed E-state index contributed by atoms with van der Waals surface area (Å²) < 4.78 is 37.9. The van der Waals surface area contributed by atoms with Crippen molar-refractivity contribution in [2.75, 3.05) is 13.1 Å². The van der Waals surface area contributed by atoms with Crippen LogP contribution in [0.3, 0.4) is 0 Å². The number of nitrogens with one attached hydrogen (secondary N) is 2. The van der Waals surface area contributed by atoms with Crippen LogP contribution >= 0.6 is 0 Å². The molecule has 0 fully saturated rings. The van der Waals surface area contributed by atoms with Crippen molar-refractivity contribution in [2.24, 2.45) is 0 Å². The van der Waals surface area contributed by atoms with Gasteiger partial charge in [0.1, 0.15) is 0 Å². The van der Waals surface area contributed by atoms with E-state index in [2.05, 4.69) is 22.5 Å². The molecule has 140 valence electrons. The fourth-order valence-corrected chi connectivity index (χ4v) is 2.17. The molecule has 0 aliphatic heterocycles. The quantitative estimate of drug-likeness (QED) is 0.809. The fourth-order valence-electron chi connectivity index (χ4n) is 2.17. The van der Waals surface area contributed by atoms with Crippen molar-refractivity contribution >= 4 is 11.8 Å². The molecule has 27 heavy (non-hydrogen) atoms. The van der Waals surface area contributed by atoms with Crippen molar-refractivity contribution in [1.29, 1.82) is 0 Å². The van der Waals surface area contributed by atoms with E-state index in [1.807, 2.05) is 13.0 Å². The Morgan fingerprint density at radius 2 is 1.78 bits per heavy atom. The monoisotopic (exact) mass is 374 g/mol. The van der Waals surface area contributed by atoms with Crippen LogP contribution in [0.5, 0.6) is 0 Å². The van der Waals surface area contributed by atoms with Gasteiger partial charge in [-0.3, -0.25) is 9.59 Å². The molecule has 0 radical (unpaired) electrons. The summed E-state index contributed by atoms with van der Waals surface area (Å²) in [5.74, 6) is 4.31. The van der Waals surface area contributed by atoms with Crippen molar-refractivity contribution < 1.29 is 22.8 Å². The Hall–Kier alpha value is -3.27. The number of carbonyl (C=O) groups is 2. The van der Waals surface area contributed by atoms with Gasteiger partial charge in [-0.1, -0.05) is 35.6 Å². The van der Waals surface area contributed by atoms with Crippen molar-refractivity contribution in [3.05, 3.63) is 70.8 Å². The lowest BCUT2D eigenvalue weighted by atomic mass is 10.1. The molecule has 0 aliphatic rings. The van der Waals surface area contributed by atoms with Crippen LogP contribution in [0.2, 0.25) is 0 Å². The van der Waals surface area contributed by atoms with Gasteiger partial charge in [0.05, 0.1) is 18.7 Å². The molecule has 4 nitrogen and oxygen atoms in total. The summed E-state index contributed by atoms with van der Waals surface area (Å²) in [7, 11) is 0. The maximum Gasteiger partial charge on any atom is 0.416 e. The summed E-state index contributed by atoms with van der Waals surface area (Å²) in [6.45, 7) is 1.58. The van der Waals surface area contributed by atoms with Crippen LogP contribution in [-0.4, -0.2) is 24.9 Å². The minimum Gasteiger partial charge on any atom is -0.344 e. The zero-order chi connectivity index (χ0) is 19.9. The maximum absolute atomic E-state index is 12.6. The third-order valence-corrected chi connectivity index (χ3v) is 3.49. The second-order valence-corrected chi connectivity index (χ2v) is 5.71. The molecule has 0 aliphatic carbocycles. The Bertz CT molecular complexity index is 896. The van der Waals surface area contributed by atoms with Gasteiger partial charge in [-0.2, -0.15) is 13.2 Å². The van der Waals surface area contributed by atoms with E-state index in [-0.39, 0.29) is 24.6 Å². The number of alkyl halides is 3. The largest absolute Gasteiger partial charge is 0.416 e. The van der Waals surface area contributed by atoms with E-state index >= 15 is 0 Å². The number of carbonyl (C=O) groups excluding carboxylic acids is 2. The fraction of sp³-hybridized carbons (Fsp3) is 0.200. The van der Waals surface area contributed by atoms with Gasteiger partial charge in [-0.15, -0.1) is 0 Å². The second kappa shape index (κ2) is 8.90. The van der Waals surface area contributed by atoms with E-state index in [4.69, 9.17) is 0 Å². The average Bonchev–Trinajstić information content (AvgIpc) is 2.63. The molecule has 0 unspecified atom stereocenters. The van der Waals surface area contributed by atoms with Gasteiger partial charge in [0.2, 0.25) is 5.91 Å². The first-order valence-electron chi connectivity index (χ1n) is 8.03. The number of aryl methyl sites for hydroxylation is 1. The predicted molar refractivity (Wildman–Crippen MR) is 94.8 cm³/mol. The molecule has 7 heteroatoms. The Kier molecular flexibility index (Phi) is 6.61. The number of halogens is 3. The molecular formula is C20H17F3N2O2. The lowest BCUT2D eigenvalue weighted by Gasteiger charge is -2.06. The molecule has 2 amide bonds. The highest BCUT2D eigenvalue weighted by atomic mass is 19.4. The Balaban J connectivity index is 1.80. The normalized spacial score (nSPS) is 10.5. The lowest BCUT2D eigenvalue weighted by Crippen LogP contribution is -2.37. The molecule has 2 rings (SSSR count). The zero-order valence-electron chi connectivity index (χ0n) is 14.5. The molecule has 0 saturated heterocycles. The highest BCUT2D eigenvalue weighted by Gasteiger charge is 2.30. The van der Waals surface area contributed by atoms with Crippen LogP contribution in [0.4, 0.5) is 13.2 Å². The first-order chi connectivity index (χ1) is 12.8. The van der Waals surface area contributed by atoms with Gasteiger partial charge in [-0.25, -0.2) is 0 Å². The van der Waals surface area contributed by atoms with Gasteiger partial charge in [0.15, 0.2) is 0 Å². The summed E-state index contributed by atoms with van der Waals surface area (Å²) in [6, 6.07) is 11.6. The summed E-state index contributed by atoms with van der Waals surface area (Å²) in [6.07, 6.45) is -4.43. The van der Waals surface area contributed by atoms with Crippen molar-refractivity contribution in [3.8, 4) is 11.8 Å². The van der Waals surface area contributed by atoms with Crippen LogP contribution in [0.1, 0.15) is 27.0 Å². The topological polar surface area (TPSA) is 58.2 Å². The van der Waals surface area contributed by atoms with E-state index in [0.29, 0.717) is 5.56 Å². The van der Waals surface area contributed by atoms with Crippen LogP contribution in [0, 0.1) is 18.8 Å². The van der Waals surface area contributed by atoms with E-state index in [9.17, 15) is 22.8 Å². The number of benzene rings is 2. The molecule has 0 bridgehead atoms. The lowest BCUT2D eigenvalue weighted by molar-refractivity contribution is -0.137. The standard InChI is InChI=1S/C20H17F3N2O2/c1-14-5-2-8-16(11-14)19(27)25-13-18(26)24-10-4-7-15-6-3-9-17(12-15)20(21,22)23/h2-3,5-6,8-9,11-12H,10,13H2,1H3,(H,24,26)(H,25,27). The molecule has 0 atom stereocenters. The number of rotatable bonds is 4. The molecule has 0 saturated carbocycles. The number of hydrogen-bond donors (Lipinski definition) is 2. The first-order valence-corrected chi connectivity index (χ1v) is 8.03. The van der Waals surface area contributed by atoms with Gasteiger partial charge >= 0.3 is 6.18 Å². The summed E-state index contributed by atoms with van der Waals surface area (Å²) in [5.41, 5.74) is 0.799. The molecular weight excluding hydrogens is 357 g/mol. The van der Waals surface area contributed by atoms with Gasteiger partial charge in [-0.05, 0) is 37.3 Å². The zero-order valence-corrected chi connectivity index (χ0v) is 14.5.